The topological polar surface area (TPSA) is 114 Å². The lowest BCUT2D eigenvalue weighted by Gasteiger charge is -2.55. The van der Waals surface area contributed by atoms with Crippen LogP contribution in [0.2, 0.25) is 0 Å². The normalized spacial score (nSPS) is 27.1. The number of hydrogen-bond donors (Lipinski definition) is 3. The van der Waals surface area contributed by atoms with E-state index in [1.165, 1.54) is 50.6 Å². The van der Waals surface area contributed by atoms with Gasteiger partial charge in [-0.3, -0.25) is 25.2 Å². The Morgan fingerprint density at radius 3 is 1.94 bits per heavy atom. The van der Waals surface area contributed by atoms with Gasteiger partial charge in [0.1, 0.15) is 5.75 Å². The third-order valence-corrected chi connectivity index (χ3v) is 8.98. The van der Waals surface area contributed by atoms with Crippen molar-refractivity contribution in [1.82, 2.24) is 10.9 Å². The lowest BCUT2D eigenvalue weighted by molar-refractivity contribution is -0.147. The number of amides is 2. The maximum Gasteiger partial charge on any atom is 0.269 e. The van der Waals surface area contributed by atoms with Gasteiger partial charge in [0.05, 0.1) is 17.4 Å². The molecule has 3 N–H and O–H groups in total. The predicted molar refractivity (Wildman–Crippen MR) is 126 cm³/mol. The van der Waals surface area contributed by atoms with E-state index in [0.29, 0.717) is 29.2 Å². The summed E-state index contributed by atoms with van der Waals surface area (Å²) in [4.78, 5) is 25.6. The fraction of sp³-hybridized carbons (Fsp3) is 0.440. The third kappa shape index (κ3) is 4.36. The highest BCUT2D eigenvalue weighted by Gasteiger charge is 2.54. The maximum absolute atomic E-state index is 13.0. The minimum Gasteiger partial charge on any atom is -0.497 e. The van der Waals surface area contributed by atoms with Crippen molar-refractivity contribution >= 4 is 27.5 Å². The maximum atomic E-state index is 13.0. The van der Waals surface area contributed by atoms with E-state index < -0.39 is 15.9 Å². The van der Waals surface area contributed by atoms with E-state index in [1.807, 2.05) is 0 Å². The summed E-state index contributed by atoms with van der Waals surface area (Å²) in [6.45, 7) is 0. The highest BCUT2D eigenvalue weighted by Crippen LogP contribution is 2.60. The van der Waals surface area contributed by atoms with Crippen LogP contribution in [0, 0.1) is 23.2 Å². The molecule has 6 rings (SSSR count). The molecule has 0 spiro atoms. The molecule has 0 atom stereocenters. The molecule has 2 amide bonds. The zero-order valence-electron chi connectivity index (χ0n) is 19.0. The van der Waals surface area contributed by atoms with Gasteiger partial charge in [-0.2, -0.15) is 0 Å². The highest BCUT2D eigenvalue weighted by atomic mass is 32.2. The van der Waals surface area contributed by atoms with Crippen LogP contribution in [0.5, 0.6) is 5.75 Å². The smallest absolute Gasteiger partial charge is 0.269 e. The lowest BCUT2D eigenvalue weighted by atomic mass is 9.49. The zero-order valence-corrected chi connectivity index (χ0v) is 19.9. The van der Waals surface area contributed by atoms with Crippen molar-refractivity contribution in [1.29, 1.82) is 0 Å². The van der Waals surface area contributed by atoms with E-state index in [1.54, 1.807) is 24.3 Å². The first-order valence-corrected chi connectivity index (χ1v) is 13.1. The van der Waals surface area contributed by atoms with Crippen LogP contribution in [0.15, 0.2) is 53.4 Å². The molecular formula is C25H29N3O5S. The van der Waals surface area contributed by atoms with Crippen LogP contribution in [0.25, 0.3) is 0 Å². The second kappa shape index (κ2) is 8.61. The number of hydrogen-bond acceptors (Lipinski definition) is 5. The summed E-state index contributed by atoms with van der Waals surface area (Å²) in [6.07, 6.45) is 6.45. The van der Waals surface area contributed by atoms with Gasteiger partial charge in [-0.25, -0.2) is 8.42 Å². The molecule has 4 aliphatic carbocycles. The molecule has 4 bridgehead atoms. The van der Waals surface area contributed by atoms with Gasteiger partial charge >= 0.3 is 0 Å². The number of carbonyl (C=O) groups is 2. The summed E-state index contributed by atoms with van der Waals surface area (Å²) in [7, 11) is -2.29. The van der Waals surface area contributed by atoms with E-state index in [0.717, 1.165) is 19.3 Å². The van der Waals surface area contributed by atoms with E-state index in [2.05, 4.69) is 15.6 Å². The standard InChI is InChI=1S/C25H29N3O5S/c1-33-21-6-4-20(5-7-21)28-34(31,32)22-8-2-19(3-9-22)23(29)26-27-24(30)25-13-16-10-17(14-25)12-18(11-16)15-25/h2-9,16-18,28H,10-15H2,1H3,(H,26,29)(H,27,30). The number of carbonyl (C=O) groups excluding carboxylic acids is 2. The highest BCUT2D eigenvalue weighted by molar-refractivity contribution is 7.92. The second-order valence-electron chi connectivity index (χ2n) is 9.96. The molecule has 4 aliphatic rings. The first-order chi connectivity index (χ1) is 16.3. The van der Waals surface area contributed by atoms with Gasteiger partial charge in [0.15, 0.2) is 0 Å². The van der Waals surface area contributed by atoms with Crippen molar-refractivity contribution in [2.45, 2.75) is 43.4 Å². The van der Waals surface area contributed by atoms with Gasteiger partial charge in [0.25, 0.3) is 15.9 Å². The zero-order chi connectivity index (χ0) is 23.9. The molecule has 0 heterocycles. The summed E-state index contributed by atoms with van der Waals surface area (Å²) in [5.41, 5.74) is 5.47. The predicted octanol–water partition coefficient (Wildman–Crippen LogP) is 3.47. The molecular weight excluding hydrogens is 454 g/mol. The Morgan fingerprint density at radius 1 is 0.853 bits per heavy atom. The van der Waals surface area contributed by atoms with Gasteiger partial charge in [0, 0.05) is 11.3 Å². The van der Waals surface area contributed by atoms with E-state index in [9.17, 15) is 18.0 Å². The number of hydrazine groups is 1. The molecule has 9 heteroatoms. The fourth-order valence-electron chi connectivity index (χ4n) is 6.37. The lowest BCUT2D eigenvalue weighted by Crippen LogP contribution is -2.56. The van der Waals surface area contributed by atoms with Crippen LogP contribution >= 0.6 is 0 Å². The molecule has 0 aliphatic heterocycles. The average Bonchev–Trinajstić information content (AvgIpc) is 2.82. The van der Waals surface area contributed by atoms with Gasteiger partial charge < -0.3 is 4.74 Å². The molecule has 2 aromatic rings. The van der Waals surface area contributed by atoms with Crippen LogP contribution in [0.4, 0.5) is 5.69 Å². The van der Waals surface area contributed by atoms with Crippen molar-refractivity contribution < 1.29 is 22.7 Å². The number of methoxy groups -OCH3 is 1. The molecule has 8 nitrogen and oxygen atoms in total. The van der Waals surface area contributed by atoms with Gasteiger partial charge in [-0.15, -0.1) is 0 Å². The monoisotopic (exact) mass is 483 g/mol. The number of rotatable bonds is 6. The Hall–Kier alpha value is -3.07. The molecule has 4 saturated carbocycles. The largest absolute Gasteiger partial charge is 0.497 e. The molecule has 34 heavy (non-hydrogen) atoms. The number of ether oxygens (including phenoxy) is 1. The number of sulfonamides is 1. The van der Waals surface area contributed by atoms with Crippen LogP contribution < -0.4 is 20.3 Å². The summed E-state index contributed by atoms with van der Waals surface area (Å²) in [5.74, 6) is 1.94. The van der Waals surface area contributed by atoms with Crippen LogP contribution in [0.1, 0.15) is 48.9 Å². The fourth-order valence-corrected chi connectivity index (χ4v) is 7.42. The molecule has 2 aromatic carbocycles. The van der Waals surface area contributed by atoms with Crippen molar-refractivity contribution in [2.75, 3.05) is 11.8 Å². The molecule has 0 aromatic heterocycles. The number of nitrogens with one attached hydrogen (secondary N) is 3. The van der Waals surface area contributed by atoms with Gasteiger partial charge in [0.2, 0.25) is 5.91 Å². The Bertz CT molecular complexity index is 1160. The first kappa shape index (κ1) is 22.7. The summed E-state index contributed by atoms with van der Waals surface area (Å²) in [6, 6.07) is 12.1. The van der Waals surface area contributed by atoms with Crippen molar-refractivity contribution in [3.63, 3.8) is 0 Å². The van der Waals surface area contributed by atoms with Crippen LogP contribution in [0.3, 0.4) is 0 Å². The van der Waals surface area contributed by atoms with Crippen molar-refractivity contribution in [3.05, 3.63) is 54.1 Å². The summed E-state index contributed by atoms with van der Waals surface area (Å²) < 4.78 is 32.9. The quantitative estimate of drug-likeness (QED) is 0.545. The first-order valence-electron chi connectivity index (χ1n) is 11.6. The Morgan fingerprint density at radius 2 is 1.41 bits per heavy atom. The Balaban J connectivity index is 1.19. The minimum atomic E-state index is -3.82. The van der Waals surface area contributed by atoms with E-state index in [4.69, 9.17) is 4.74 Å². The SMILES string of the molecule is COc1ccc(NS(=O)(=O)c2ccc(C(=O)NNC(=O)C34CC5CC(CC(C5)C3)C4)cc2)cc1. The average molecular weight is 484 g/mol. The Kier molecular flexibility index (Phi) is 5.75. The molecule has 0 saturated heterocycles. The van der Waals surface area contributed by atoms with Crippen LogP contribution in [-0.4, -0.2) is 27.3 Å². The number of benzene rings is 2. The minimum absolute atomic E-state index is 0.0254. The Labute approximate surface area is 199 Å². The van der Waals surface area contributed by atoms with E-state index in [-0.39, 0.29) is 21.8 Å². The second-order valence-corrected chi connectivity index (χ2v) is 11.6. The summed E-state index contributed by atoms with van der Waals surface area (Å²) in [5, 5.41) is 0. The van der Waals surface area contributed by atoms with Crippen molar-refractivity contribution in [3.8, 4) is 5.75 Å². The summed E-state index contributed by atoms with van der Waals surface area (Å²) >= 11 is 0. The third-order valence-electron chi connectivity index (χ3n) is 7.58. The van der Waals surface area contributed by atoms with E-state index >= 15 is 0 Å². The molecule has 0 radical (unpaired) electrons. The van der Waals surface area contributed by atoms with Crippen LogP contribution in [-0.2, 0) is 14.8 Å². The molecule has 180 valence electrons. The van der Waals surface area contributed by atoms with Crippen molar-refractivity contribution in [2.24, 2.45) is 23.2 Å². The van der Waals surface area contributed by atoms with Gasteiger partial charge in [-0.05, 0) is 105 Å². The molecule has 4 fully saturated rings. The number of anilines is 1. The molecule has 0 unspecified atom stereocenters. The van der Waals surface area contributed by atoms with Gasteiger partial charge in [-0.1, -0.05) is 0 Å².